The molecule has 2 nitrogen and oxygen atoms in total. The third-order valence-corrected chi connectivity index (χ3v) is 3.50. The number of benzene rings is 1. The summed E-state index contributed by atoms with van der Waals surface area (Å²) in [6.45, 7) is 3.10. The van der Waals surface area contributed by atoms with E-state index in [2.05, 4.69) is 6.58 Å². The number of rotatable bonds is 3. The molecule has 0 saturated carbocycles. The molecule has 5 heteroatoms. The van der Waals surface area contributed by atoms with Crippen LogP contribution in [0.15, 0.2) is 36.9 Å². The molecule has 2 rings (SSSR count). The number of hydrogen-bond donors (Lipinski definition) is 1. The van der Waals surface area contributed by atoms with Gasteiger partial charge in [0.1, 0.15) is 6.10 Å². The number of aliphatic hydroxyl groups excluding tert-OH is 1. The lowest BCUT2D eigenvalue weighted by atomic mass is 9.77. The Balaban J connectivity index is 2.44. The highest BCUT2D eigenvalue weighted by Gasteiger charge is 2.62. The molecule has 1 aliphatic rings. The first-order valence-corrected chi connectivity index (χ1v) is 6.00. The van der Waals surface area contributed by atoms with Gasteiger partial charge in [0.2, 0.25) is 0 Å². The van der Waals surface area contributed by atoms with E-state index < -0.39 is 17.9 Å². The predicted octanol–water partition coefficient (Wildman–Crippen LogP) is 3.17. The van der Waals surface area contributed by atoms with Crippen LogP contribution in [0.4, 0.5) is 13.2 Å². The molecule has 2 atom stereocenters. The van der Waals surface area contributed by atoms with Crippen molar-refractivity contribution in [1.29, 1.82) is 0 Å². The van der Waals surface area contributed by atoms with Crippen molar-refractivity contribution < 1.29 is 23.0 Å². The molecule has 0 amide bonds. The van der Waals surface area contributed by atoms with E-state index in [1.807, 2.05) is 0 Å². The second-order valence-corrected chi connectivity index (χ2v) is 4.59. The fraction of sp³-hybridized carbons (Fsp3) is 0.429. The highest BCUT2D eigenvalue weighted by molar-refractivity contribution is 5.35. The quantitative estimate of drug-likeness (QED) is 0.856. The molecule has 0 unspecified atom stereocenters. The molecule has 0 aromatic heterocycles. The molecule has 0 fully saturated rings. The first-order chi connectivity index (χ1) is 8.92. The lowest BCUT2D eigenvalue weighted by Crippen LogP contribution is -2.54. The SMILES string of the molecule is C=CCO[C@]1(C(F)(F)F)CCc2ccccc2[C@H]1O. The predicted molar refractivity (Wildman–Crippen MR) is 64.7 cm³/mol. The van der Waals surface area contributed by atoms with Gasteiger partial charge in [-0.25, -0.2) is 0 Å². The van der Waals surface area contributed by atoms with Crippen LogP contribution in [0.1, 0.15) is 23.7 Å². The molecule has 104 valence electrons. The van der Waals surface area contributed by atoms with Crippen LogP contribution in [-0.2, 0) is 11.2 Å². The zero-order valence-electron chi connectivity index (χ0n) is 10.3. The van der Waals surface area contributed by atoms with E-state index >= 15 is 0 Å². The third kappa shape index (κ3) is 2.28. The van der Waals surface area contributed by atoms with Crippen LogP contribution in [0.5, 0.6) is 0 Å². The molecule has 19 heavy (non-hydrogen) atoms. The molecule has 1 aliphatic carbocycles. The molecular weight excluding hydrogens is 257 g/mol. The summed E-state index contributed by atoms with van der Waals surface area (Å²) in [7, 11) is 0. The lowest BCUT2D eigenvalue weighted by molar-refractivity contribution is -0.311. The van der Waals surface area contributed by atoms with E-state index in [4.69, 9.17) is 4.74 Å². The third-order valence-electron chi connectivity index (χ3n) is 3.50. The molecule has 0 bridgehead atoms. The van der Waals surface area contributed by atoms with E-state index in [0.717, 1.165) is 5.56 Å². The second kappa shape index (κ2) is 4.98. The number of ether oxygens (including phenoxy) is 1. The Morgan fingerprint density at radius 2 is 2.11 bits per heavy atom. The summed E-state index contributed by atoms with van der Waals surface area (Å²) in [6, 6.07) is 6.60. The average molecular weight is 272 g/mol. The van der Waals surface area contributed by atoms with Crippen LogP contribution in [0.3, 0.4) is 0 Å². The minimum atomic E-state index is -4.64. The number of aryl methyl sites for hydroxylation is 1. The summed E-state index contributed by atoms with van der Waals surface area (Å²) >= 11 is 0. The zero-order valence-corrected chi connectivity index (χ0v) is 10.3. The smallest absolute Gasteiger partial charge is 0.385 e. The number of hydrogen-bond acceptors (Lipinski definition) is 2. The van der Waals surface area contributed by atoms with Crippen LogP contribution in [0.25, 0.3) is 0 Å². The van der Waals surface area contributed by atoms with E-state index in [0.29, 0.717) is 0 Å². The largest absolute Gasteiger partial charge is 0.420 e. The van der Waals surface area contributed by atoms with Crippen molar-refractivity contribution in [2.24, 2.45) is 0 Å². The first kappa shape index (κ1) is 14.1. The Hall–Kier alpha value is -1.33. The van der Waals surface area contributed by atoms with Gasteiger partial charge in [0.15, 0.2) is 5.60 Å². The van der Waals surface area contributed by atoms with E-state index in [1.165, 1.54) is 12.1 Å². The zero-order chi connectivity index (χ0) is 14.1. The molecule has 1 aromatic rings. The molecule has 0 heterocycles. The number of alkyl halides is 3. The van der Waals surface area contributed by atoms with E-state index in [-0.39, 0.29) is 25.0 Å². The Kier molecular flexibility index (Phi) is 3.69. The van der Waals surface area contributed by atoms with Crippen molar-refractivity contribution in [1.82, 2.24) is 0 Å². The van der Waals surface area contributed by atoms with Crippen molar-refractivity contribution in [2.75, 3.05) is 6.61 Å². The molecule has 1 aromatic carbocycles. The Morgan fingerprint density at radius 3 is 2.74 bits per heavy atom. The van der Waals surface area contributed by atoms with Crippen molar-refractivity contribution >= 4 is 0 Å². The van der Waals surface area contributed by atoms with Crippen molar-refractivity contribution in [3.63, 3.8) is 0 Å². The summed E-state index contributed by atoms with van der Waals surface area (Å²) in [6.07, 6.45) is -5.16. The maximum atomic E-state index is 13.3. The van der Waals surface area contributed by atoms with Gasteiger partial charge >= 0.3 is 6.18 Å². The highest BCUT2D eigenvalue weighted by Crippen LogP contribution is 2.49. The van der Waals surface area contributed by atoms with Crippen LogP contribution in [0, 0.1) is 0 Å². The van der Waals surface area contributed by atoms with Gasteiger partial charge in [-0.15, -0.1) is 6.58 Å². The number of fused-ring (bicyclic) bond motifs is 1. The average Bonchev–Trinajstić information content (AvgIpc) is 2.37. The van der Waals surface area contributed by atoms with Gasteiger partial charge in [0, 0.05) is 0 Å². The second-order valence-electron chi connectivity index (χ2n) is 4.59. The van der Waals surface area contributed by atoms with E-state index in [9.17, 15) is 18.3 Å². The van der Waals surface area contributed by atoms with Gasteiger partial charge in [-0.2, -0.15) is 13.2 Å². The summed E-state index contributed by atoms with van der Waals surface area (Å²) in [5, 5.41) is 10.2. The van der Waals surface area contributed by atoms with Crippen molar-refractivity contribution in [3.05, 3.63) is 48.0 Å². The molecular formula is C14H15F3O2. The van der Waals surface area contributed by atoms with Crippen LogP contribution < -0.4 is 0 Å². The first-order valence-electron chi connectivity index (χ1n) is 6.00. The lowest BCUT2D eigenvalue weighted by Gasteiger charge is -2.42. The Labute approximate surface area is 109 Å². The van der Waals surface area contributed by atoms with E-state index in [1.54, 1.807) is 18.2 Å². The summed E-state index contributed by atoms with van der Waals surface area (Å²) in [4.78, 5) is 0. The molecule has 1 N–H and O–H groups in total. The van der Waals surface area contributed by atoms with Gasteiger partial charge in [0.25, 0.3) is 0 Å². The molecule has 0 spiro atoms. The molecule has 0 aliphatic heterocycles. The van der Waals surface area contributed by atoms with Crippen molar-refractivity contribution in [3.8, 4) is 0 Å². The maximum absolute atomic E-state index is 13.3. The van der Waals surface area contributed by atoms with Crippen LogP contribution in [-0.4, -0.2) is 23.5 Å². The number of halogens is 3. The summed E-state index contributed by atoms with van der Waals surface area (Å²) in [5.74, 6) is 0. The fourth-order valence-corrected chi connectivity index (χ4v) is 2.47. The standard InChI is InChI=1S/C14H15F3O2/c1-2-9-19-13(14(15,16)17)8-7-10-5-3-4-6-11(10)12(13)18/h2-6,12,18H,1,7-9H2/t12-,13-/m1/s1. The fourth-order valence-electron chi connectivity index (χ4n) is 2.47. The Bertz CT molecular complexity index is 470. The van der Waals surface area contributed by atoms with Gasteiger partial charge in [-0.3, -0.25) is 0 Å². The minimum absolute atomic E-state index is 0.226. The van der Waals surface area contributed by atoms with Gasteiger partial charge < -0.3 is 9.84 Å². The normalized spacial score (nSPS) is 26.8. The van der Waals surface area contributed by atoms with Gasteiger partial charge in [-0.1, -0.05) is 30.3 Å². The van der Waals surface area contributed by atoms with Gasteiger partial charge in [0.05, 0.1) is 6.61 Å². The van der Waals surface area contributed by atoms with Gasteiger partial charge in [-0.05, 0) is 24.0 Å². The topological polar surface area (TPSA) is 29.5 Å². The van der Waals surface area contributed by atoms with Crippen LogP contribution >= 0.6 is 0 Å². The number of aliphatic hydroxyl groups is 1. The van der Waals surface area contributed by atoms with Crippen LogP contribution in [0.2, 0.25) is 0 Å². The monoisotopic (exact) mass is 272 g/mol. The molecule has 0 radical (unpaired) electrons. The Morgan fingerprint density at radius 1 is 1.42 bits per heavy atom. The minimum Gasteiger partial charge on any atom is -0.385 e. The highest BCUT2D eigenvalue weighted by atomic mass is 19.4. The summed E-state index contributed by atoms with van der Waals surface area (Å²) < 4.78 is 45.0. The maximum Gasteiger partial charge on any atom is 0.420 e. The molecule has 0 saturated heterocycles. The summed E-state index contributed by atoms with van der Waals surface area (Å²) in [5.41, 5.74) is -1.53. The van der Waals surface area contributed by atoms with Crippen molar-refractivity contribution in [2.45, 2.75) is 30.7 Å².